The molecule has 2 aromatic rings. The largest absolute Gasteiger partial charge is 0.459 e. The standard InChI is InChI=1S/C29H35N3O8/c1-29(2,3)40-27(34)30(17-7-11-22-9-5-4-6-10-22)19-20-38-28(35)31-18-8-12-25(31)26(33)39-21-23-13-15-24(16-14-23)32(36)37/h4-7,9-11,13-16,25H,8,12,17-21H2,1-3H3. The summed E-state index contributed by atoms with van der Waals surface area (Å²) in [7, 11) is 0. The number of likely N-dealkylation sites (tertiary alicyclic amines) is 1. The summed E-state index contributed by atoms with van der Waals surface area (Å²) in [5.41, 5.74) is 0.831. The fraction of sp³-hybridized carbons (Fsp3) is 0.414. The highest BCUT2D eigenvalue weighted by molar-refractivity contribution is 5.82. The second-order valence-corrected chi connectivity index (χ2v) is 10.2. The van der Waals surface area contributed by atoms with Crippen molar-refractivity contribution in [3.63, 3.8) is 0 Å². The van der Waals surface area contributed by atoms with Crippen molar-refractivity contribution in [3.05, 3.63) is 81.9 Å². The number of hydrogen-bond donors (Lipinski definition) is 0. The third-order valence-corrected chi connectivity index (χ3v) is 5.96. The predicted octanol–water partition coefficient (Wildman–Crippen LogP) is 5.19. The van der Waals surface area contributed by atoms with Crippen LogP contribution in [-0.2, 0) is 25.6 Å². The van der Waals surface area contributed by atoms with Crippen molar-refractivity contribution in [2.24, 2.45) is 0 Å². The van der Waals surface area contributed by atoms with Crippen LogP contribution in [0.5, 0.6) is 0 Å². The molecule has 0 aromatic heterocycles. The molecule has 1 unspecified atom stereocenters. The number of nitro groups is 1. The van der Waals surface area contributed by atoms with Gasteiger partial charge < -0.3 is 19.1 Å². The molecule has 11 nitrogen and oxygen atoms in total. The van der Waals surface area contributed by atoms with Gasteiger partial charge in [0, 0.05) is 25.2 Å². The minimum atomic E-state index is -0.790. The van der Waals surface area contributed by atoms with Crippen molar-refractivity contribution in [1.29, 1.82) is 0 Å². The molecule has 1 saturated heterocycles. The van der Waals surface area contributed by atoms with Crippen molar-refractivity contribution in [3.8, 4) is 0 Å². The first-order valence-corrected chi connectivity index (χ1v) is 13.1. The minimum Gasteiger partial charge on any atom is -0.459 e. The fourth-order valence-corrected chi connectivity index (χ4v) is 3.98. The number of carbonyl (C=O) groups is 3. The van der Waals surface area contributed by atoms with E-state index in [0.29, 0.717) is 24.9 Å². The molecule has 2 amide bonds. The molecule has 40 heavy (non-hydrogen) atoms. The van der Waals surface area contributed by atoms with E-state index < -0.39 is 34.7 Å². The molecular weight excluding hydrogens is 518 g/mol. The van der Waals surface area contributed by atoms with Crippen LogP contribution in [0.2, 0.25) is 0 Å². The van der Waals surface area contributed by atoms with Gasteiger partial charge in [0.15, 0.2) is 0 Å². The molecule has 1 fully saturated rings. The Morgan fingerprint density at radius 1 is 1.07 bits per heavy atom. The molecular formula is C29H35N3O8. The van der Waals surface area contributed by atoms with Gasteiger partial charge in [0.05, 0.1) is 11.5 Å². The van der Waals surface area contributed by atoms with Crippen LogP contribution in [0.1, 0.15) is 44.7 Å². The van der Waals surface area contributed by atoms with E-state index >= 15 is 0 Å². The summed E-state index contributed by atoms with van der Waals surface area (Å²) in [6.07, 6.45) is 3.57. The zero-order chi connectivity index (χ0) is 29.1. The number of carbonyl (C=O) groups excluding carboxylic acids is 3. The van der Waals surface area contributed by atoms with Gasteiger partial charge >= 0.3 is 18.2 Å². The van der Waals surface area contributed by atoms with Gasteiger partial charge in [0.1, 0.15) is 24.9 Å². The summed E-state index contributed by atoms with van der Waals surface area (Å²) in [6.45, 7) is 5.86. The Kier molecular flexibility index (Phi) is 10.6. The first-order valence-electron chi connectivity index (χ1n) is 13.1. The summed E-state index contributed by atoms with van der Waals surface area (Å²) in [4.78, 5) is 51.3. The number of esters is 1. The van der Waals surface area contributed by atoms with E-state index in [-0.39, 0.29) is 32.0 Å². The van der Waals surface area contributed by atoms with Crippen LogP contribution < -0.4 is 0 Å². The highest BCUT2D eigenvalue weighted by atomic mass is 16.6. The van der Waals surface area contributed by atoms with Crippen LogP contribution in [0.15, 0.2) is 60.7 Å². The van der Waals surface area contributed by atoms with Crippen molar-refractivity contribution < 1.29 is 33.5 Å². The topological polar surface area (TPSA) is 129 Å². The molecule has 0 radical (unpaired) electrons. The first kappa shape index (κ1) is 30.1. The van der Waals surface area contributed by atoms with Crippen LogP contribution in [0.25, 0.3) is 6.08 Å². The predicted molar refractivity (Wildman–Crippen MR) is 147 cm³/mol. The van der Waals surface area contributed by atoms with Gasteiger partial charge in [-0.15, -0.1) is 0 Å². The van der Waals surface area contributed by atoms with Gasteiger partial charge in [0.2, 0.25) is 0 Å². The monoisotopic (exact) mass is 553 g/mol. The second-order valence-electron chi connectivity index (χ2n) is 10.2. The molecule has 0 bridgehead atoms. The lowest BCUT2D eigenvalue weighted by molar-refractivity contribution is -0.384. The Labute approximate surface area is 233 Å². The second kappa shape index (κ2) is 14.1. The van der Waals surface area contributed by atoms with Gasteiger partial charge in [-0.1, -0.05) is 42.5 Å². The molecule has 11 heteroatoms. The Bertz CT molecular complexity index is 1190. The Hall–Kier alpha value is -4.41. The fourth-order valence-electron chi connectivity index (χ4n) is 3.98. The summed E-state index contributed by atoms with van der Waals surface area (Å²) < 4.78 is 16.3. The molecule has 3 rings (SSSR count). The SMILES string of the molecule is CC(C)(C)OC(=O)N(CC=Cc1ccccc1)CCOC(=O)N1CCCC1C(=O)OCc1ccc([N+](=O)[O-])cc1. The third kappa shape index (κ3) is 9.40. The maximum atomic E-state index is 12.8. The van der Waals surface area contributed by atoms with E-state index in [1.54, 1.807) is 20.8 Å². The lowest BCUT2D eigenvalue weighted by atomic mass is 10.2. The van der Waals surface area contributed by atoms with Crippen LogP contribution in [0, 0.1) is 10.1 Å². The average Bonchev–Trinajstić information content (AvgIpc) is 3.41. The Morgan fingerprint density at radius 2 is 1.77 bits per heavy atom. The molecule has 1 aliphatic heterocycles. The number of rotatable bonds is 10. The van der Waals surface area contributed by atoms with Crippen molar-refractivity contribution in [2.75, 3.05) is 26.2 Å². The number of nitro benzene ring substituents is 1. The van der Waals surface area contributed by atoms with Gasteiger partial charge in [-0.05, 0) is 56.9 Å². The highest BCUT2D eigenvalue weighted by Gasteiger charge is 2.36. The van der Waals surface area contributed by atoms with Gasteiger partial charge in [-0.2, -0.15) is 0 Å². The highest BCUT2D eigenvalue weighted by Crippen LogP contribution is 2.21. The zero-order valence-electron chi connectivity index (χ0n) is 23.0. The lowest BCUT2D eigenvalue weighted by Crippen LogP contribution is -2.43. The van der Waals surface area contributed by atoms with Crippen LogP contribution in [0.4, 0.5) is 15.3 Å². The van der Waals surface area contributed by atoms with E-state index in [2.05, 4.69) is 0 Å². The first-order chi connectivity index (χ1) is 19.0. The molecule has 214 valence electrons. The van der Waals surface area contributed by atoms with Crippen LogP contribution >= 0.6 is 0 Å². The van der Waals surface area contributed by atoms with Crippen LogP contribution in [0.3, 0.4) is 0 Å². The molecule has 0 spiro atoms. The third-order valence-electron chi connectivity index (χ3n) is 5.96. The maximum Gasteiger partial charge on any atom is 0.410 e. The molecule has 0 N–H and O–H groups in total. The Balaban J connectivity index is 1.52. The normalized spacial score (nSPS) is 15.1. The quantitative estimate of drug-likeness (QED) is 0.170. The smallest absolute Gasteiger partial charge is 0.410 e. The van der Waals surface area contributed by atoms with E-state index in [0.717, 1.165) is 5.56 Å². The molecule has 1 heterocycles. The molecule has 0 saturated carbocycles. The summed E-state index contributed by atoms with van der Waals surface area (Å²) in [6, 6.07) is 14.5. The number of non-ortho nitro benzene ring substituents is 1. The van der Waals surface area contributed by atoms with Crippen molar-refractivity contribution in [1.82, 2.24) is 9.80 Å². The number of ether oxygens (including phenoxy) is 3. The number of amides is 2. The van der Waals surface area contributed by atoms with Crippen molar-refractivity contribution in [2.45, 2.75) is 51.9 Å². The van der Waals surface area contributed by atoms with E-state index in [4.69, 9.17) is 14.2 Å². The number of benzene rings is 2. The van der Waals surface area contributed by atoms with E-state index in [1.807, 2.05) is 42.5 Å². The lowest BCUT2D eigenvalue weighted by Gasteiger charge is -2.27. The number of nitrogens with zero attached hydrogens (tertiary/aromatic N) is 3. The van der Waals surface area contributed by atoms with Crippen LogP contribution in [-0.4, -0.2) is 70.8 Å². The van der Waals surface area contributed by atoms with E-state index in [9.17, 15) is 24.5 Å². The molecule has 1 atom stereocenters. The Morgan fingerprint density at radius 3 is 2.42 bits per heavy atom. The number of hydrogen-bond acceptors (Lipinski definition) is 8. The van der Waals surface area contributed by atoms with Gasteiger partial charge in [-0.25, -0.2) is 14.4 Å². The molecule has 1 aliphatic rings. The minimum absolute atomic E-state index is 0.0581. The van der Waals surface area contributed by atoms with Gasteiger partial charge in [-0.3, -0.25) is 15.0 Å². The summed E-state index contributed by atoms with van der Waals surface area (Å²) in [5, 5.41) is 10.8. The maximum absolute atomic E-state index is 12.8. The molecule has 0 aliphatic carbocycles. The zero-order valence-corrected chi connectivity index (χ0v) is 23.0. The van der Waals surface area contributed by atoms with Gasteiger partial charge in [0.25, 0.3) is 5.69 Å². The molecule has 2 aromatic carbocycles. The summed E-state index contributed by atoms with van der Waals surface area (Å²) >= 11 is 0. The average molecular weight is 554 g/mol. The van der Waals surface area contributed by atoms with E-state index in [1.165, 1.54) is 34.1 Å². The summed E-state index contributed by atoms with van der Waals surface area (Å²) in [5.74, 6) is -0.575. The van der Waals surface area contributed by atoms with Crippen molar-refractivity contribution >= 4 is 29.9 Å².